The number of carbonyl (C=O) groups excluding carboxylic acids is 1. The first kappa shape index (κ1) is 13.2. The Labute approximate surface area is 118 Å². The smallest absolute Gasteiger partial charge is 0.256 e. The molecule has 2 atom stereocenters. The molecule has 2 heterocycles. The number of H-pyrrole nitrogens is 1. The maximum Gasteiger partial charge on any atom is 0.256 e. The van der Waals surface area contributed by atoms with E-state index in [1.54, 1.807) is 6.92 Å². The predicted molar refractivity (Wildman–Crippen MR) is 78.7 cm³/mol. The highest BCUT2D eigenvalue weighted by Gasteiger charge is 2.30. The van der Waals surface area contributed by atoms with Gasteiger partial charge in [0, 0.05) is 24.2 Å². The molecule has 4 heteroatoms. The van der Waals surface area contributed by atoms with Gasteiger partial charge < -0.3 is 15.0 Å². The summed E-state index contributed by atoms with van der Waals surface area (Å²) in [6.07, 6.45) is 4.15. The van der Waals surface area contributed by atoms with Gasteiger partial charge in [-0.25, -0.2) is 0 Å². The Balaban J connectivity index is 1.90. The number of aromatic amines is 1. The Morgan fingerprint density at radius 2 is 2.35 bits per heavy atom. The average Bonchev–Trinajstić information content (AvgIpc) is 3.05. The number of hydrogen-bond acceptors (Lipinski definition) is 2. The average molecular weight is 272 g/mol. The lowest BCUT2D eigenvalue weighted by atomic mass is 10.1. The molecule has 1 fully saturated rings. The van der Waals surface area contributed by atoms with Crippen molar-refractivity contribution in [2.75, 3.05) is 6.54 Å². The minimum Gasteiger partial charge on any atom is -0.393 e. The van der Waals surface area contributed by atoms with Crippen molar-refractivity contribution in [1.29, 1.82) is 0 Å². The van der Waals surface area contributed by atoms with Gasteiger partial charge in [-0.15, -0.1) is 0 Å². The molecular weight excluding hydrogens is 252 g/mol. The minimum absolute atomic E-state index is 0.0706. The van der Waals surface area contributed by atoms with Crippen LogP contribution in [0.25, 0.3) is 10.9 Å². The van der Waals surface area contributed by atoms with Crippen LogP contribution in [0.1, 0.15) is 36.5 Å². The Kier molecular flexibility index (Phi) is 3.49. The van der Waals surface area contributed by atoms with Crippen molar-refractivity contribution in [2.45, 2.75) is 38.3 Å². The second kappa shape index (κ2) is 5.29. The third-order valence-electron chi connectivity index (χ3n) is 4.07. The minimum atomic E-state index is -0.366. The van der Waals surface area contributed by atoms with Crippen LogP contribution in [0.4, 0.5) is 0 Å². The van der Waals surface area contributed by atoms with Crippen molar-refractivity contribution in [1.82, 2.24) is 9.88 Å². The van der Waals surface area contributed by atoms with Gasteiger partial charge in [0.1, 0.15) is 0 Å². The summed E-state index contributed by atoms with van der Waals surface area (Å²) in [6.45, 7) is 2.57. The SMILES string of the molecule is CC(O)CC1CCCN1C(=O)c1cccc2cc[nH]c12. The highest BCUT2D eigenvalue weighted by Crippen LogP contribution is 2.26. The number of aliphatic hydroxyl groups excluding tert-OH is 1. The number of nitrogens with zero attached hydrogens (tertiary/aromatic N) is 1. The fourth-order valence-corrected chi connectivity index (χ4v) is 3.16. The number of rotatable bonds is 3. The molecule has 1 aliphatic rings. The first-order chi connectivity index (χ1) is 9.66. The van der Waals surface area contributed by atoms with Crippen molar-refractivity contribution in [2.24, 2.45) is 0 Å². The third kappa shape index (κ3) is 2.31. The van der Waals surface area contributed by atoms with Crippen LogP contribution in [0, 0.1) is 0 Å². The normalized spacial score (nSPS) is 20.5. The summed E-state index contributed by atoms with van der Waals surface area (Å²) in [5.41, 5.74) is 1.63. The molecule has 106 valence electrons. The lowest BCUT2D eigenvalue weighted by Crippen LogP contribution is -2.37. The van der Waals surface area contributed by atoms with Crippen LogP contribution in [-0.4, -0.2) is 39.6 Å². The van der Waals surface area contributed by atoms with Gasteiger partial charge in [-0.3, -0.25) is 4.79 Å². The molecule has 0 radical (unpaired) electrons. The summed E-state index contributed by atoms with van der Waals surface area (Å²) in [6, 6.07) is 7.93. The summed E-state index contributed by atoms with van der Waals surface area (Å²) in [5.74, 6) is 0.0706. The van der Waals surface area contributed by atoms with Crippen molar-refractivity contribution >= 4 is 16.8 Å². The molecule has 0 bridgehead atoms. The molecular formula is C16H20N2O2. The topological polar surface area (TPSA) is 56.3 Å². The Morgan fingerprint density at radius 1 is 1.50 bits per heavy atom. The van der Waals surface area contributed by atoms with Gasteiger partial charge in [0.2, 0.25) is 0 Å². The number of fused-ring (bicyclic) bond motifs is 1. The number of nitrogens with one attached hydrogen (secondary N) is 1. The fraction of sp³-hybridized carbons (Fsp3) is 0.438. The van der Waals surface area contributed by atoms with E-state index in [4.69, 9.17) is 0 Å². The van der Waals surface area contributed by atoms with Crippen molar-refractivity contribution < 1.29 is 9.90 Å². The molecule has 2 unspecified atom stereocenters. The number of aliphatic hydroxyl groups is 1. The number of likely N-dealkylation sites (tertiary alicyclic amines) is 1. The van der Waals surface area contributed by atoms with Crippen LogP contribution in [0.15, 0.2) is 30.5 Å². The van der Waals surface area contributed by atoms with E-state index in [1.165, 1.54) is 0 Å². The van der Waals surface area contributed by atoms with E-state index in [0.717, 1.165) is 35.9 Å². The van der Waals surface area contributed by atoms with Gasteiger partial charge in [-0.2, -0.15) is 0 Å². The summed E-state index contributed by atoms with van der Waals surface area (Å²) >= 11 is 0. The molecule has 1 amide bonds. The Hall–Kier alpha value is -1.81. The maximum absolute atomic E-state index is 12.8. The second-order valence-corrected chi connectivity index (χ2v) is 5.63. The molecule has 0 aliphatic carbocycles. The number of para-hydroxylation sites is 1. The number of aromatic nitrogens is 1. The second-order valence-electron chi connectivity index (χ2n) is 5.63. The zero-order valence-electron chi connectivity index (χ0n) is 11.7. The molecule has 3 rings (SSSR count). The highest BCUT2D eigenvalue weighted by molar-refractivity contribution is 6.05. The lowest BCUT2D eigenvalue weighted by Gasteiger charge is -2.26. The summed E-state index contributed by atoms with van der Waals surface area (Å²) in [5, 5.41) is 10.6. The number of carbonyl (C=O) groups is 1. The standard InChI is InChI=1S/C16H20N2O2/c1-11(19)10-13-5-3-9-18(13)16(20)14-6-2-4-12-7-8-17-15(12)14/h2,4,6-8,11,13,17,19H,3,5,9-10H2,1H3. The monoisotopic (exact) mass is 272 g/mol. The van der Waals surface area contributed by atoms with E-state index in [-0.39, 0.29) is 18.1 Å². The molecule has 1 saturated heterocycles. The van der Waals surface area contributed by atoms with E-state index in [9.17, 15) is 9.90 Å². The fourth-order valence-electron chi connectivity index (χ4n) is 3.16. The Morgan fingerprint density at radius 3 is 3.15 bits per heavy atom. The van der Waals surface area contributed by atoms with E-state index < -0.39 is 0 Å². The molecule has 20 heavy (non-hydrogen) atoms. The highest BCUT2D eigenvalue weighted by atomic mass is 16.3. The van der Waals surface area contributed by atoms with Crippen LogP contribution in [0.2, 0.25) is 0 Å². The molecule has 0 spiro atoms. The molecule has 1 aromatic carbocycles. The number of benzene rings is 1. The van der Waals surface area contributed by atoms with Crippen LogP contribution in [0.5, 0.6) is 0 Å². The van der Waals surface area contributed by atoms with Crippen LogP contribution in [-0.2, 0) is 0 Å². The third-order valence-corrected chi connectivity index (χ3v) is 4.07. The summed E-state index contributed by atoms with van der Waals surface area (Å²) < 4.78 is 0. The quantitative estimate of drug-likeness (QED) is 0.902. The zero-order chi connectivity index (χ0) is 14.1. The maximum atomic E-state index is 12.8. The van der Waals surface area contributed by atoms with Crippen molar-refractivity contribution in [3.05, 3.63) is 36.0 Å². The predicted octanol–water partition coefficient (Wildman–Crippen LogP) is 2.54. The largest absolute Gasteiger partial charge is 0.393 e. The molecule has 1 aliphatic heterocycles. The number of amides is 1. The van der Waals surface area contributed by atoms with Crippen LogP contribution < -0.4 is 0 Å². The van der Waals surface area contributed by atoms with Gasteiger partial charge in [-0.05, 0) is 38.3 Å². The van der Waals surface area contributed by atoms with Gasteiger partial charge in [0.25, 0.3) is 5.91 Å². The molecule has 4 nitrogen and oxygen atoms in total. The van der Waals surface area contributed by atoms with Crippen molar-refractivity contribution in [3.63, 3.8) is 0 Å². The van der Waals surface area contributed by atoms with Gasteiger partial charge in [-0.1, -0.05) is 12.1 Å². The van der Waals surface area contributed by atoms with Gasteiger partial charge in [0.15, 0.2) is 0 Å². The molecule has 1 aromatic heterocycles. The van der Waals surface area contributed by atoms with Gasteiger partial charge >= 0.3 is 0 Å². The molecule has 2 N–H and O–H groups in total. The van der Waals surface area contributed by atoms with Crippen molar-refractivity contribution in [3.8, 4) is 0 Å². The lowest BCUT2D eigenvalue weighted by molar-refractivity contribution is 0.0684. The summed E-state index contributed by atoms with van der Waals surface area (Å²) in [7, 11) is 0. The molecule has 0 saturated carbocycles. The van der Waals surface area contributed by atoms with E-state index >= 15 is 0 Å². The van der Waals surface area contributed by atoms with Crippen LogP contribution in [0.3, 0.4) is 0 Å². The number of hydrogen-bond donors (Lipinski definition) is 2. The van der Waals surface area contributed by atoms with Gasteiger partial charge in [0.05, 0.1) is 17.2 Å². The Bertz CT molecular complexity index is 618. The first-order valence-electron chi connectivity index (χ1n) is 7.22. The van der Waals surface area contributed by atoms with E-state index in [2.05, 4.69) is 4.98 Å². The first-order valence-corrected chi connectivity index (χ1v) is 7.22. The zero-order valence-corrected chi connectivity index (χ0v) is 11.7. The molecule has 2 aromatic rings. The van der Waals surface area contributed by atoms with E-state index in [1.807, 2.05) is 35.4 Å². The summed E-state index contributed by atoms with van der Waals surface area (Å²) in [4.78, 5) is 17.8. The van der Waals surface area contributed by atoms with E-state index in [0.29, 0.717) is 6.42 Å². The van der Waals surface area contributed by atoms with Crippen LogP contribution >= 0.6 is 0 Å².